The average molecular weight is 383 g/mol. The van der Waals surface area contributed by atoms with E-state index in [2.05, 4.69) is 0 Å². The molecule has 0 spiro atoms. The lowest BCUT2D eigenvalue weighted by atomic mass is 10.00. The van der Waals surface area contributed by atoms with E-state index in [1.807, 2.05) is 24.3 Å². The summed E-state index contributed by atoms with van der Waals surface area (Å²) in [6.07, 6.45) is 2.98. The largest absolute Gasteiger partial charge is 0.460 e. The minimum atomic E-state index is -0.324. The Bertz CT molecular complexity index is 972. The Kier molecular flexibility index (Phi) is 4.41. The topological polar surface area (TPSA) is 43.4 Å². The lowest BCUT2D eigenvalue weighted by molar-refractivity contribution is 0.0985. The molecule has 2 aromatic carbocycles. The van der Waals surface area contributed by atoms with Crippen LogP contribution in [0.3, 0.4) is 0 Å². The van der Waals surface area contributed by atoms with Crippen LogP contribution in [0.25, 0.3) is 22.3 Å². The van der Waals surface area contributed by atoms with Gasteiger partial charge < -0.3 is 8.83 Å². The third-order valence-corrected chi connectivity index (χ3v) is 4.56. The van der Waals surface area contributed by atoms with Crippen LogP contribution >= 0.6 is 23.2 Å². The molecule has 128 valence electrons. The highest BCUT2D eigenvalue weighted by Gasteiger charge is 2.24. The fourth-order valence-corrected chi connectivity index (χ4v) is 3.04. The predicted molar refractivity (Wildman–Crippen MR) is 102 cm³/mol. The van der Waals surface area contributed by atoms with E-state index in [1.165, 1.54) is 12.5 Å². The summed E-state index contributed by atoms with van der Waals surface area (Å²) < 4.78 is 11.0. The van der Waals surface area contributed by atoms with Crippen LogP contribution in [-0.4, -0.2) is 5.78 Å². The molecular formula is C21H12Cl2O3. The van der Waals surface area contributed by atoms with Gasteiger partial charge in [0.1, 0.15) is 0 Å². The molecule has 5 heteroatoms. The molecule has 0 unspecified atom stereocenters. The molecule has 0 radical (unpaired) electrons. The second-order valence-electron chi connectivity index (χ2n) is 5.67. The van der Waals surface area contributed by atoms with E-state index in [9.17, 15) is 4.79 Å². The van der Waals surface area contributed by atoms with Crippen molar-refractivity contribution in [1.29, 1.82) is 0 Å². The smallest absolute Gasteiger partial charge is 0.264 e. The monoisotopic (exact) mass is 382 g/mol. The average Bonchev–Trinajstić information content (AvgIpc) is 3.32. The SMILES string of the molecule is O=C(c1occc1-c1ccc(Cl)cc1)c1occc1-c1ccc(Cl)cc1. The first kappa shape index (κ1) is 16.7. The molecular weight excluding hydrogens is 371 g/mol. The normalized spacial score (nSPS) is 10.8. The van der Waals surface area contributed by atoms with Crippen molar-refractivity contribution in [2.75, 3.05) is 0 Å². The first-order chi connectivity index (χ1) is 12.6. The molecule has 0 saturated heterocycles. The van der Waals surface area contributed by atoms with Crippen LogP contribution in [0.4, 0.5) is 0 Å². The molecule has 0 N–H and O–H groups in total. The van der Waals surface area contributed by atoms with Gasteiger partial charge in [-0.15, -0.1) is 0 Å². The van der Waals surface area contributed by atoms with E-state index >= 15 is 0 Å². The Morgan fingerprint density at radius 1 is 0.615 bits per heavy atom. The van der Waals surface area contributed by atoms with Gasteiger partial charge in [-0.3, -0.25) is 4.79 Å². The quantitative estimate of drug-likeness (QED) is 0.366. The van der Waals surface area contributed by atoms with E-state index in [-0.39, 0.29) is 17.3 Å². The molecule has 0 aliphatic rings. The van der Waals surface area contributed by atoms with Crippen LogP contribution < -0.4 is 0 Å². The number of hydrogen-bond acceptors (Lipinski definition) is 3. The number of ketones is 1. The number of rotatable bonds is 4. The van der Waals surface area contributed by atoms with E-state index in [4.69, 9.17) is 32.0 Å². The van der Waals surface area contributed by atoms with Gasteiger partial charge in [0, 0.05) is 21.2 Å². The Labute approximate surface area is 159 Å². The van der Waals surface area contributed by atoms with Gasteiger partial charge in [-0.05, 0) is 47.5 Å². The van der Waals surface area contributed by atoms with Crippen molar-refractivity contribution in [3.05, 3.63) is 94.8 Å². The molecule has 4 aromatic rings. The lowest BCUT2D eigenvalue weighted by Gasteiger charge is -2.04. The Hall–Kier alpha value is -2.75. The maximum absolute atomic E-state index is 13.1. The third-order valence-electron chi connectivity index (χ3n) is 4.05. The fraction of sp³-hybridized carbons (Fsp3) is 0. The summed E-state index contributed by atoms with van der Waals surface area (Å²) in [7, 11) is 0. The molecule has 0 saturated carbocycles. The van der Waals surface area contributed by atoms with E-state index in [0.29, 0.717) is 21.2 Å². The second-order valence-corrected chi connectivity index (χ2v) is 6.54. The van der Waals surface area contributed by atoms with Crippen molar-refractivity contribution in [2.24, 2.45) is 0 Å². The predicted octanol–water partition coefficient (Wildman–Crippen LogP) is 6.74. The maximum Gasteiger partial charge on any atom is 0.264 e. The number of carbonyl (C=O) groups excluding carboxylic acids is 1. The molecule has 0 aliphatic heterocycles. The van der Waals surface area contributed by atoms with Crippen LogP contribution in [0.5, 0.6) is 0 Å². The lowest BCUT2D eigenvalue weighted by Crippen LogP contribution is -2.01. The third kappa shape index (κ3) is 3.07. The van der Waals surface area contributed by atoms with E-state index < -0.39 is 0 Å². The van der Waals surface area contributed by atoms with Gasteiger partial charge in [-0.2, -0.15) is 0 Å². The summed E-state index contributed by atoms with van der Waals surface area (Å²) in [5, 5.41) is 1.25. The van der Waals surface area contributed by atoms with Gasteiger partial charge in [0.25, 0.3) is 5.78 Å². The highest BCUT2D eigenvalue weighted by atomic mass is 35.5. The van der Waals surface area contributed by atoms with E-state index in [0.717, 1.165) is 11.1 Å². The summed E-state index contributed by atoms with van der Waals surface area (Å²) in [5.74, 6) is 0.116. The van der Waals surface area contributed by atoms with Crippen molar-refractivity contribution in [3.63, 3.8) is 0 Å². The summed E-state index contributed by atoms with van der Waals surface area (Å²) in [6, 6.07) is 17.9. The minimum absolute atomic E-state index is 0.220. The number of furan rings is 2. The van der Waals surface area contributed by atoms with Gasteiger partial charge in [0.05, 0.1) is 12.5 Å². The highest BCUT2D eigenvalue weighted by Crippen LogP contribution is 2.32. The molecule has 2 heterocycles. The first-order valence-corrected chi connectivity index (χ1v) is 8.60. The van der Waals surface area contributed by atoms with Gasteiger partial charge in [-0.1, -0.05) is 47.5 Å². The van der Waals surface area contributed by atoms with Gasteiger partial charge >= 0.3 is 0 Å². The number of benzene rings is 2. The highest BCUT2D eigenvalue weighted by molar-refractivity contribution is 6.31. The van der Waals surface area contributed by atoms with Crippen LogP contribution in [0, 0.1) is 0 Å². The van der Waals surface area contributed by atoms with E-state index in [1.54, 1.807) is 36.4 Å². The first-order valence-electron chi connectivity index (χ1n) is 7.85. The van der Waals surface area contributed by atoms with Crippen molar-refractivity contribution < 1.29 is 13.6 Å². The number of hydrogen-bond donors (Lipinski definition) is 0. The number of carbonyl (C=O) groups is 1. The van der Waals surface area contributed by atoms with Gasteiger partial charge in [0.2, 0.25) is 0 Å². The Morgan fingerprint density at radius 3 is 1.38 bits per heavy atom. The minimum Gasteiger partial charge on any atom is -0.460 e. The van der Waals surface area contributed by atoms with Gasteiger partial charge in [0.15, 0.2) is 11.5 Å². The molecule has 4 rings (SSSR count). The standard InChI is InChI=1S/C21H12Cl2O3/c22-15-5-1-13(2-6-15)17-9-11-25-20(17)19(24)21-18(10-12-26-21)14-3-7-16(23)8-4-14/h1-12H. The maximum atomic E-state index is 13.1. The van der Waals surface area contributed by atoms with Crippen LogP contribution in [0.15, 0.2) is 82.0 Å². The summed E-state index contributed by atoms with van der Waals surface area (Å²) >= 11 is 11.9. The fourth-order valence-electron chi connectivity index (χ4n) is 2.79. The Balaban J connectivity index is 1.75. The molecule has 0 amide bonds. The molecule has 2 aromatic heterocycles. The molecule has 0 atom stereocenters. The zero-order valence-corrected chi connectivity index (χ0v) is 14.9. The zero-order valence-electron chi connectivity index (χ0n) is 13.4. The summed E-state index contributed by atoms with van der Waals surface area (Å²) in [5.41, 5.74) is 3.05. The van der Waals surface area contributed by atoms with Crippen molar-refractivity contribution in [3.8, 4) is 22.3 Å². The molecule has 0 bridgehead atoms. The van der Waals surface area contributed by atoms with Crippen molar-refractivity contribution in [2.45, 2.75) is 0 Å². The second kappa shape index (κ2) is 6.87. The summed E-state index contributed by atoms with van der Waals surface area (Å²) in [4.78, 5) is 13.1. The number of halogens is 2. The molecule has 0 fully saturated rings. The molecule has 26 heavy (non-hydrogen) atoms. The molecule has 3 nitrogen and oxygen atoms in total. The van der Waals surface area contributed by atoms with Crippen LogP contribution in [-0.2, 0) is 0 Å². The van der Waals surface area contributed by atoms with Crippen molar-refractivity contribution in [1.82, 2.24) is 0 Å². The van der Waals surface area contributed by atoms with Gasteiger partial charge in [-0.25, -0.2) is 0 Å². The summed E-state index contributed by atoms with van der Waals surface area (Å²) in [6.45, 7) is 0. The van der Waals surface area contributed by atoms with Crippen molar-refractivity contribution >= 4 is 29.0 Å². The van der Waals surface area contributed by atoms with Crippen LogP contribution in [0.2, 0.25) is 10.0 Å². The Morgan fingerprint density at radius 2 is 1.00 bits per heavy atom. The van der Waals surface area contributed by atoms with Crippen LogP contribution in [0.1, 0.15) is 16.3 Å². The molecule has 0 aliphatic carbocycles. The zero-order chi connectivity index (χ0) is 18.1.